The van der Waals surface area contributed by atoms with E-state index in [1.165, 1.54) is 24.3 Å². The van der Waals surface area contributed by atoms with Crippen LogP contribution in [0.15, 0.2) is 24.3 Å². The molecule has 0 spiro atoms. The van der Waals surface area contributed by atoms with Gasteiger partial charge in [0.05, 0.1) is 0 Å². The zero-order chi connectivity index (χ0) is 12.8. The Morgan fingerprint density at radius 1 is 1.24 bits per heavy atom. The summed E-state index contributed by atoms with van der Waals surface area (Å²) in [7, 11) is 0. The number of para-hydroxylation sites is 1. The average molecular weight is 238 g/mol. The second-order valence-corrected chi connectivity index (χ2v) is 3.06. The summed E-state index contributed by atoms with van der Waals surface area (Å²) in [5.74, 6) is -2.75. The monoisotopic (exact) mass is 238 g/mol. The van der Waals surface area contributed by atoms with Gasteiger partial charge in [0, 0.05) is 6.92 Å². The first-order valence-electron chi connectivity index (χ1n) is 4.67. The molecule has 17 heavy (non-hydrogen) atoms. The first kappa shape index (κ1) is 12.7. The Bertz CT molecular complexity index is 451. The van der Waals surface area contributed by atoms with Gasteiger partial charge in [0.15, 0.2) is 6.61 Å². The standard InChI is InChI=1S/C11H10O6/c1-7(12)16-6-10(13)17-9-5-3-2-4-8(9)11(14)15/h2-5H,6H2,1H3,(H,14,15). The molecule has 0 saturated carbocycles. The minimum absolute atomic E-state index is 0.0860. The first-order valence-corrected chi connectivity index (χ1v) is 4.67. The quantitative estimate of drug-likeness (QED) is 0.617. The number of benzene rings is 1. The largest absolute Gasteiger partial charge is 0.478 e. The lowest BCUT2D eigenvalue weighted by atomic mass is 10.2. The average Bonchev–Trinajstić information content (AvgIpc) is 2.27. The third kappa shape index (κ3) is 3.94. The molecule has 6 heteroatoms. The molecule has 0 unspecified atom stereocenters. The van der Waals surface area contributed by atoms with Gasteiger partial charge in [-0.3, -0.25) is 4.79 Å². The maximum absolute atomic E-state index is 11.2. The van der Waals surface area contributed by atoms with Crippen molar-refractivity contribution in [3.8, 4) is 5.75 Å². The Balaban J connectivity index is 2.71. The maximum Gasteiger partial charge on any atom is 0.349 e. The molecule has 1 rings (SSSR count). The summed E-state index contributed by atoms with van der Waals surface area (Å²) in [6, 6.07) is 5.68. The summed E-state index contributed by atoms with van der Waals surface area (Å²) in [6.45, 7) is 0.599. The molecule has 0 heterocycles. The minimum atomic E-state index is -1.21. The number of carboxylic acid groups (broad SMARTS) is 1. The van der Waals surface area contributed by atoms with Crippen molar-refractivity contribution in [2.75, 3.05) is 6.61 Å². The molecule has 0 aliphatic rings. The Morgan fingerprint density at radius 2 is 1.88 bits per heavy atom. The Morgan fingerprint density at radius 3 is 2.47 bits per heavy atom. The van der Waals surface area contributed by atoms with Gasteiger partial charge in [0.2, 0.25) is 0 Å². The van der Waals surface area contributed by atoms with Crippen molar-refractivity contribution in [3.05, 3.63) is 29.8 Å². The van der Waals surface area contributed by atoms with E-state index in [1.54, 1.807) is 0 Å². The second-order valence-electron chi connectivity index (χ2n) is 3.06. The fourth-order valence-corrected chi connectivity index (χ4v) is 1.04. The van der Waals surface area contributed by atoms with Gasteiger partial charge >= 0.3 is 17.9 Å². The van der Waals surface area contributed by atoms with E-state index in [4.69, 9.17) is 9.84 Å². The SMILES string of the molecule is CC(=O)OCC(=O)Oc1ccccc1C(=O)O. The van der Waals surface area contributed by atoms with Gasteiger partial charge in [-0.2, -0.15) is 0 Å². The molecule has 90 valence electrons. The number of esters is 2. The summed E-state index contributed by atoms with van der Waals surface area (Å²) in [5, 5.41) is 8.82. The van der Waals surface area contributed by atoms with E-state index in [0.717, 1.165) is 6.92 Å². The van der Waals surface area contributed by atoms with E-state index in [2.05, 4.69) is 4.74 Å². The molecule has 0 aliphatic carbocycles. The fraction of sp³-hybridized carbons (Fsp3) is 0.182. The van der Waals surface area contributed by atoms with Crippen molar-refractivity contribution in [1.82, 2.24) is 0 Å². The van der Waals surface area contributed by atoms with Crippen LogP contribution in [0.2, 0.25) is 0 Å². The fourth-order valence-electron chi connectivity index (χ4n) is 1.04. The van der Waals surface area contributed by atoms with Gasteiger partial charge in [0.25, 0.3) is 0 Å². The summed E-state index contributed by atoms with van der Waals surface area (Å²) in [5.41, 5.74) is -0.135. The predicted molar refractivity (Wildman–Crippen MR) is 55.7 cm³/mol. The minimum Gasteiger partial charge on any atom is -0.478 e. The highest BCUT2D eigenvalue weighted by Gasteiger charge is 2.14. The van der Waals surface area contributed by atoms with Gasteiger partial charge < -0.3 is 14.6 Å². The smallest absolute Gasteiger partial charge is 0.349 e. The molecular weight excluding hydrogens is 228 g/mol. The third-order valence-electron chi connectivity index (χ3n) is 1.73. The lowest BCUT2D eigenvalue weighted by molar-refractivity contribution is -0.152. The molecule has 1 aromatic rings. The molecule has 0 aliphatic heterocycles. The summed E-state index contributed by atoms with van der Waals surface area (Å²) in [6.07, 6.45) is 0. The number of carbonyl (C=O) groups is 3. The van der Waals surface area contributed by atoms with Gasteiger partial charge in [-0.15, -0.1) is 0 Å². The Kier molecular flexibility index (Phi) is 4.21. The van der Waals surface area contributed by atoms with Gasteiger partial charge in [-0.1, -0.05) is 12.1 Å². The van der Waals surface area contributed by atoms with Gasteiger partial charge in [-0.05, 0) is 12.1 Å². The molecule has 1 N–H and O–H groups in total. The van der Waals surface area contributed by atoms with Crippen LogP contribution in [0.1, 0.15) is 17.3 Å². The lowest BCUT2D eigenvalue weighted by Crippen LogP contribution is -2.18. The van der Waals surface area contributed by atoms with E-state index >= 15 is 0 Å². The lowest BCUT2D eigenvalue weighted by Gasteiger charge is -2.06. The predicted octanol–water partition coefficient (Wildman–Crippen LogP) is 0.853. The van der Waals surface area contributed by atoms with E-state index < -0.39 is 24.5 Å². The molecule has 6 nitrogen and oxygen atoms in total. The van der Waals surface area contributed by atoms with Crippen LogP contribution in [0.25, 0.3) is 0 Å². The van der Waals surface area contributed by atoms with Crippen LogP contribution in [0, 0.1) is 0 Å². The second kappa shape index (κ2) is 5.64. The topological polar surface area (TPSA) is 89.9 Å². The van der Waals surface area contributed by atoms with Crippen molar-refractivity contribution in [2.45, 2.75) is 6.92 Å². The van der Waals surface area contributed by atoms with Crippen molar-refractivity contribution in [3.63, 3.8) is 0 Å². The molecule has 1 aromatic carbocycles. The molecule has 0 aromatic heterocycles. The van der Waals surface area contributed by atoms with E-state index in [0.29, 0.717) is 0 Å². The van der Waals surface area contributed by atoms with E-state index in [9.17, 15) is 14.4 Å². The molecular formula is C11H10O6. The summed E-state index contributed by atoms with van der Waals surface area (Å²) in [4.78, 5) is 32.4. The number of rotatable bonds is 4. The normalized spacial score (nSPS) is 9.47. The zero-order valence-electron chi connectivity index (χ0n) is 9.00. The summed E-state index contributed by atoms with van der Waals surface area (Å²) >= 11 is 0. The number of ether oxygens (including phenoxy) is 2. The third-order valence-corrected chi connectivity index (χ3v) is 1.73. The van der Waals surface area contributed by atoms with E-state index in [-0.39, 0.29) is 11.3 Å². The van der Waals surface area contributed by atoms with Crippen molar-refractivity contribution >= 4 is 17.9 Å². The number of hydrogen-bond donors (Lipinski definition) is 1. The van der Waals surface area contributed by atoms with Gasteiger partial charge in [-0.25, -0.2) is 9.59 Å². The molecule has 0 amide bonds. The number of carboxylic acids is 1. The van der Waals surface area contributed by atoms with Crippen LogP contribution in [-0.4, -0.2) is 29.6 Å². The van der Waals surface area contributed by atoms with Crippen LogP contribution in [0.4, 0.5) is 0 Å². The molecule has 0 radical (unpaired) electrons. The zero-order valence-corrected chi connectivity index (χ0v) is 9.00. The van der Waals surface area contributed by atoms with Crippen LogP contribution < -0.4 is 4.74 Å². The van der Waals surface area contributed by atoms with Crippen LogP contribution >= 0.6 is 0 Å². The molecule has 0 saturated heterocycles. The van der Waals surface area contributed by atoms with Gasteiger partial charge in [0.1, 0.15) is 11.3 Å². The summed E-state index contributed by atoms with van der Waals surface area (Å²) < 4.78 is 9.18. The molecule has 0 fully saturated rings. The van der Waals surface area contributed by atoms with Crippen molar-refractivity contribution in [2.24, 2.45) is 0 Å². The Hall–Kier alpha value is -2.37. The van der Waals surface area contributed by atoms with Crippen molar-refractivity contribution < 1.29 is 29.0 Å². The number of aromatic carboxylic acids is 1. The highest BCUT2D eigenvalue weighted by atomic mass is 16.6. The molecule has 0 atom stereocenters. The van der Waals surface area contributed by atoms with Crippen LogP contribution in [0.5, 0.6) is 5.75 Å². The number of hydrogen-bond acceptors (Lipinski definition) is 5. The molecule has 0 bridgehead atoms. The number of carbonyl (C=O) groups excluding carboxylic acids is 2. The first-order chi connectivity index (χ1) is 8.00. The van der Waals surface area contributed by atoms with Crippen LogP contribution in [0.3, 0.4) is 0 Å². The maximum atomic E-state index is 11.2. The van der Waals surface area contributed by atoms with Crippen molar-refractivity contribution in [1.29, 1.82) is 0 Å². The highest BCUT2D eigenvalue weighted by molar-refractivity contribution is 5.92. The Labute approximate surface area is 96.8 Å². The van der Waals surface area contributed by atoms with E-state index in [1.807, 2.05) is 0 Å². The van der Waals surface area contributed by atoms with Crippen LogP contribution in [-0.2, 0) is 14.3 Å². The highest BCUT2D eigenvalue weighted by Crippen LogP contribution is 2.17.